The van der Waals surface area contributed by atoms with Gasteiger partial charge in [0.2, 0.25) is 5.91 Å². The van der Waals surface area contributed by atoms with Gasteiger partial charge in [0.15, 0.2) is 0 Å². The SMILES string of the molecule is N#Cc1cccnc1N1CCN(C(=O)C=Cc2cccc(Br)c2)CC1. The van der Waals surface area contributed by atoms with Crippen molar-refractivity contribution >= 4 is 33.7 Å². The number of piperazine rings is 1. The molecule has 0 bridgehead atoms. The molecule has 2 heterocycles. The Hall–Kier alpha value is -2.65. The van der Waals surface area contributed by atoms with Gasteiger partial charge in [-0.2, -0.15) is 5.26 Å². The third-order valence-corrected chi connectivity index (χ3v) is 4.56. The normalized spacial score (nSPS) is 14.6. The Bertz CT molecular complexity index is 835. The van der Waals surface area contributed by atoms with Gasteiger partial charge in [-0.05, 0) is 35.9 Å². The van der Waals surface area contributed by atoms with Crippen molar-refractivity contribution in [2.75, 3.05) is 31.1 Å². The number of carbonyl (C=O) groups excluding carboxylic acids is 1. The molecule has 1 aromatic heterocycles. The number of hydrogen-bond donors (Lipinski definition) is 0. The molecule has 1 aliphatic heterocycles. The van der Waals surface area contributed by atoms with Gasteiger partial charge in [-0.15, -0.1) is 0 Å². The molecule has 25 heavy (non-hydrogen) atoms. The molecule has 0 aliphatic carbocycles. The fraction of sp³-hybridized carbons (Fsp3) is 0.211. The number of amides is 1. The van der Waals surface area contributed by atoms with Crippen LogP contribution in [-0.4, -0.2) is 42.0 Å². The van der Waals surface area contributed by atoms with E-state index in [9.17, 15) is 10.1 Å². The Labute approximate surface area is 155 Å². The van der Waals surface area contributed by atoms with E-state index in [1.807, 2.05) is 35.2 Å². The fourth-order valence-corrected chi connectivity index (χ4v) is 3.18. The molecule has 0 N–H and O–H groups in total. The van der Waals surface area contributed by atoms with Crippen LogP contribution < -0.4 is 4.90 Å². The monoisotopic (exact) mass is 396 g/mol. The Balaban J connectivity index is 1.60. The molecule has 1 aromatic carbocycles. The van der Waals surface area contributed by atoms with E-state index in [-0.39, 0.29) is 5.91 Å². The third-order valence-electron chi connectivity index (χ3n) is 4.07. The Morgan fingerprint density at radius 3 is 2.72 bits per heavy atom. The van der Waals surface area contributed by atoms with Crippen LogP contribution in [0.4, 0.5) is 5.82 Å². The van der Waals surface area contributed by atoms with Crippen LogP contribution in [0.2, 0.25) is 0 Å². The zero-order valence-electron chi connectivity index (χ0n) is 13.6. The second kappa shape index (κ2) is 7.95. The van der Waals surface area contributed by atoms with Gasteiger partial charge in [0.1, 0.15) is 11.9 Å². The van der Waals surface area contributed by atoms with E-state index in [2.05, 4.69) is 31.9 Å². The van der Waals surface area contributed by atoms with Gasteiger partial charge in [0.05, 0.1) is 5.56 Å². The number of benzene rings is 1. The van der Waals surface area contributed by atoms with Crippen molar-refractivity contribution in [2.45, 2.75) is 0 Å². The fourth-order valence-electron chi connectivity index (χ4n) is 2.76. The summed E-state index contributed by atoms with van der Waals surface area (Å²) in [5.41, 5.74) is 1.55. The summed E-state index contributed by atoms with van der Waals surface area (Å²) in [6, 6.07) is 13.5. The van der Waals surface area contributed by atoms with Gasteiger partial charge in [-0.1, -0.05) is 28.1 Å². The first-order chi connectivity index (χ1) is 12.2. The first kappa shape index (κ1) is 17.2. The molecule has 126 valence electrons. The topological polar surface area (TPSA) is 60.2 Å². The second-order valence-corrected chi connectivity index (χ2v) is 6.60. The molecular weight excluding hydrogens is 380 g/mol. The summed E-state index contributed by atoms with van der Waals surface area (Å²) >= 11 is 3.42. The lowest BCUT2D eigenvalue weighted by Crippen LogP contribution is -2.48. The van der Waals surface area contributed by atoms with Gasteiger partial charge >= 0.3 is 0 Å². The molecule has 3 rings (SSSR count). The molecule has 0 spiro atoms. The molecule has 1 amide bonds. The Morgan fingerprint density at radius 1 is 1.20 bits per heavy atom. The van der Waals surface area contributed by atoms with E-state index in [1.165, 1.54) is 0 Å². The molecule has 1 aliphatic rings. The van der Waals surface area contributed by atoms with E-state index >= 15 is 0 Å². The van der Waals surface area contributed by atoms with Crippen molar-refractivity contribution in [3.63, 3.8) is 0 Å². The third kappa shape index (κ3) is 4.25. The minimum absolute atomic E-state index is 0.00107. The van der Waals surface area contributed by atoms with Gasteiger partial charge in [0.25, 0.3) is 0 Å². The minimum atomic E-state index is 0.00107. The van der Waals surface area contributed by atoms with Crippen molar-refractivity contribution in [3.8, 4) is 6.07 Å². The van der Waals surface area contributed by atoms with Crippen LogP contribution in [0, 0.1) is 11.3 Å². The molecule has 5 nitrogen and oxygen atoms in total. The van der Waals surface area contributed by atoms with Gasteiger partial charge in [-0.3, -0.25) is 4.79 Å². The first-order valence-electron chi connectivity index (χ1n) is 8.00. The van der Waals surface area contributed by atoms with Crippen LogP contribution in [0.3, 0.4) is 0 Å². The first-order valence-corrected chi connectivity index (χ1v) is 8.79. The summed E-state index contributed by atoms with van der Waals surface area (Å²) in [4.78, 5) is 20.5. The van der Waals surface area contributed by atoms with Crippen LogP contribution in [0.1, 0.15) is 11.1 Å². The van der Waals surface area contributed by atoms with Crippen LogP contribution in [-0.2, 0) is 4.79 Å². The van der Waals surface area contributed by atoms with E-state index < -0.39 is 0 Å². The standard InChI is InChI=1S/C19H17BrN4O/c20-17-5-1-3-15(13-17)6-7-18(25)23-9-11-24(12-10-23)19-16(14-21)4-2-8-22-19/h1-8,13H,9-12H2. The highest BCUT2D eigenvalue weighted by atomic mass is 79.9. The zero-order chi connectivity index (χ0) is 17.6. The summed E-state index contributed by atoms with van der Waals surface area (Å²) in [5, 5.41) is 9.19. The quantitative estimate of drug-likeness (QED) is 0.747. The van der Waals surface area contributed by atoms with E-state index in [4.69, 9.17) is 0 Å². The smallest absolute Gasteiger partial charge is 0.246 e. The molecule has 0 radical (unpaired) electrons. The summed E-state index contributed by atoms with van der Waals surface area (Å²) in [6.07, 6.45) is 5.12. The van der Waals surface area contributed by atoms with Crippen molar-refractivity contribution in [1.29, 1.82) is 5.26 Å². The average molecular weight is 397 g/mol. The molecule has 0 saturated carbocycles. The largest absolute Gasteiger partial charge is 0.352 e. The van der Waals surface area contributed by atoms with Gasteiger partial charge in [0, 0.05) is 42.9 Å². The molecule has 2 aromatic rings. The number of nitriles is 1. The summed E-state index contributed by atoms with van der Waals surface area (Å²) < 4.78 is 0.986. The highest BCUT2D eigenvalue weighted by Gasteiger charge is 2.22. The Morgan fingerprint density at radius 2 is 2.00 bits per heavy atom. The number of pyridine rings is 1. The number of rotatable bonds is 3. The van der Waals surface area contributed by atoms with Crippen molar-refractivity contribution < 1.29 is 4.79 Å². The second-order valence-electron chi connectivity index (χ2n) is 5.69. The number of nitrogens with zero attached hydrogens (tertiary/aromatic N) is 4. The summed E-state index contributed by atoms with van der Waals surface area (Å²) in [5.74, 6) is 0.697. The van der Waals surface area contributed by atoms with Crippen molar-refractivity contribution in [3.05, 3.63) is 64.3 Å². The lowest BCUT2D eigenvalue weighted by Gasteiger charge is -2.35. The van der Waals surface area contributed by atoms with Gasteiger partial charge < -0.3 is 9.80 Å². The van der Waals surface area contributed by atoms with Crippen LogP contribution >= 0.6 is 15.9 Å². The molecule has 6 heteroatoms. The van der Waals surface area contributed by atoms with Crippen molar-refractivity contribution in [1.82, 2.24) is 9.88 Å². The van der Waals surface area contributed by atoms with E-state index in [0.717, 1.165) is 10.0 Å². The summed E-state index contributed by atoms with van der Waals surface area (Å²) in [7, 11) is 0. The number of halogens is 1. The number of aromatic nitrogens is 1. The molecule has 0 unspecified atom stereocenters. The van der Waals surface area contributed by atoms with Crippen LogP contribution in [0.25, 0.3) is 6.08 Å². The molecule has 0 atom stereocenters. The van der Waals surface area contributed by atoms with E-state index in [1.54, 1.807) is 24.4 Å². The average Bonchev–Trinajstić information content (AvgIpc) is 2.66. The number of hydrogen-bond acceptors (Lipinski definition) is 4. The Kier molecular flexibility index (Phi) is 5.46. The lowest BCUT2D eigenvalue weighted by atomic mass is 10.2. The molecule has 1 saturated heterocycles. The van der Waals surface area contributed by atoms with Crippen LogP contribution in [0.15, 0.2) is 53.1 Å². The number of carbonyl (C=O) groups is 1. The zero-order valence-corrected chi connectivity index (χ0v) is 15.2. The predicted molar refractivity (Wildman–Crippen MR) is 101 cm³/mol. The van der Waals surface area contributed by atoms with Crippen LogP contribution in [0.5, 0.6) is 0 Å². The number of anilines is 1. The maximum Gasteiger partial charge on any atom is 0.246 e. The lowest BCUT2D eigenvalue weighted by molar-refractivity contribution is -0.126. The summed E-state index contributed by atoms with van der Waals surface area (Å²) in [6.45, 7) is 2.57. The predicted octanol–water partition coefficient (Wildman–Crippen LogP) is 3.08. The maximum absolute atomic E-state index is 12.4. The maximum atomic E-state index is 12.4. The molecular formula is C19H17BrN4O. The van der Waals surface area contributed by atoms with Crippen molar-refractivity contribution in [2.24, 2.45) is 0 Å². The highest BCUT2D eigenvalue weighted by molar-refractivity contribution is 9.10. The highest BCUT2D eigenvalue weighted by Crippen LogP contribution is 2.18. The molecule has 1 fully saturated rings. The van der Waals surface area contributed by atoms with Gasteiger partial charge in [-0.25, -0.2) is 4.98 Å². The van der Waals surface area contributed by atoms with E-state index in [0.29, 0.717) is 37.6 Å². The minimum Gasteiger partial charge on any atom is -0.352 e.